The molecule has 0 unspecified atom stereocenters. The van der Waals surface area contributed by atoms with Crippen molar-refractivity contribution in [3.63, 3.8) is 0 Å². The third-order valence-electron chi connectivity index (χ3n) is 4.20. The zero-order valence-electron chi connectivity index (χ0n) is 17.5. The second kappa shape index (κ2) is 9.62. The van der Waals surface area contributed by atoms with Gasteiger partial charge in [0.2, 0.25) is 0 Å². The Balaban J connectivity index is 1.95. The Kier molecular flexibility index (Phi) is 7.47. The summed E-state index contributed by atoms with van der Waals surface area (Å²) in [6.07, 6.45) is 0.161. The van der Waals surface area contributed by atoms with Gasteiger partial charge in [-0.3, -0.25) is 9.69 Å². The van der Waals surface area contributed by atoms with Crippen molar-refractivity contribution in [2.45, 2.75) is 58.3 Å². The summed E-state index contributed by atoms with van der Waals surface area (Å²) in [4.78, 5) is 38.0. The number of esters is 1. The minimum Gasteiger partial charge on any atom is -0.465 e. The van der Waals surface area contributed by atoms with Gasteiger partial charge in [-0.25, -0.2) is 9.59 Å². The molecular formula is C21H30N2O6. The van der Waals surface area contributed by atoms with Gasteiger partial charge < -0.3 is 19.5 Å². The lowest BCUT2D eigenvalue weighted by Gasteiger charge is -2.30. The molecule has 1 aromatic rings. The Morgan fingerprint density at radius 1 is 1.10 bits per heavy atom. The number of ether oxygens (including phenoxy) is 3. The van der Waals surface area contributed by atoms with Crippen LogP contribution in [-0.2, 0) is 25.6 Å². The number of carbonyl (C=O) groups is 3. The molecule has 1 aliphatic rings. The fraction of sp³-hybridized carbons (Fsp3) is 0.571. The summed E-state index contributed by atoms with van der Waals surface area (Å²) in [7, 11) is 0. The molecule has 0 saturated heterocycles. The average Bonchev–Trinajstić information content (AvgIpc) is 3.38. The SMILES string of the molecule is CCOC(=O)CN(CC1(NC(=O)OCc2ccccc2)CC1)C(=O)OC(C)(C)C. The number of nitrogens with one attached hydrogen (secondary N) is 1. The molecule has 8 heteroatoms. The molecule has 0 aliphatic heterocycles. The number of amides is 2. The maximum atomic E-state index is 12.6. The minimum absolute atomic E-state index is 0.140. The molecule has 1 saturated carbocycles. The van der Waals surface area contributed by atoms with Gasteiger partial charge in [0.25, 0.3) is 0 Å². The maximum Gasteiger partial charge on any atom is 0.410 e. The number of hydrogen-bond acceptors (Lipinski definition) is 6. The van der Waals surface area contributed by atoms with Crippen LogP contribution in [0.4, 0.5) is 9.59 Å². The van der Waals surface area contributed by atoms with Gasteiger partial charge in [0, 0.05) is 6.54 Å². The summed E-state index contributed by atoms with van der Waals surface area (Å²) < 4.78 is 15.6. The first-order chi connectivity index (χ1) is 13.6. The monoisotopic (exact) mass is 406 g/mol. The van der Waals surface area contributed by atoms with Crippen LogP contribution in [-0.4, -0.2) is 53.9 Å². The predicted molar refractivity (Wildman–Crippen MR) is 106 cm³/mol. The predicted octanol–water partition coefficient (Wildman–Crippen LogP) is 3.25. The highest BCUT2D eigenvalue weighted by atomic mass is 16.6. The molecule has 0 bridgehead atoms. The Morgan fingerprint density at radius 2 is 1.76 bits per heavy atom. The van der Waals surface area contributed by atoms with Crippen LogP contribution < -0.4 is 5.32 Å². The van der Waals surface area contributed by atoms with Gasteiger partial charge in [-0.1, -0.05) is 30.3 Å². The number of alkyl carbamates (subject to hydrolysis) is 1. The first-order valence-corrected chi connectivity index (χ1v) is 9.75. The molecule has 2 rings (SSSR count). The average molecular weight is 406 g/mol. The lowest BCUT2D eigenvalue weighted by Crippen LogP contribution is -2.50. The van der Waals surface area contributed by atoms with E-state index in [2.05, 4.69) is 5.32 Å². The quantitative estimate of drug-likeness (QED) is 0.526. The van der Waals surface area contributed by atoms with Crippen molar-refractivity contribution >= 4 is 18.2 Å². The third-order valence-corrected chi connectivity index (χ3v) is 4.20. The van der Waals surface area contributed by atoms with E-state index in [0.29, 0.717) is 12.8 Å². The Morgan fingerprint density at radius 3 is 2.31 bits per heavy atom. The highest BCUT2D eigenvalue weighted by molar-refractivity contribution is 5.78. The molecule has 160 valence electrons. The van der Waals surface area contributed by atoms with Crippen LogP contribution in [0, 0.1) is 0 Å². The summed E-state index contributed by atoms with van der Waals surface area (Å²) in [5.41, 5.74) is -0.454. The van der Waals surface area contributed by atoms with E-state index in [4.69, 9.17) is 14.2 Å². The molecule has 8 nitrogen and oxygen atoms in total. The zero-order chi connectivity index (χ0) is 21.5. The summed E-state index contributed by atoms with van der Waals surface area (Å²) in [5.74, 6) is -0.527. The van der Waals surface area contributed by atoms with E-state index in [0.717, 1.165) is 5.56 Å². The van der Waals surface area contributed by atoms with Gasteiger partial charge in [-0.15, -0.1) is 0 Å². The molecule has 0 heterocycles. The molecule has 1 aliphatic carbocycles. The lowest BCUT2D eigenvalue weighted by molar-refractivity contribution is -0.144. The lowest BCUT2D eigenvalue weighted by atomic mass is 10.2. The molecule has 0 atom stereocenters. The Labute approximate surface area is 171 Å². The maximum absolute atomic E-state index is 12.6. The summed E-state index contributed by atoms with van der Waals surface area (Å²) in [6.45, 7) is 7.21. The molecule has 2 amide bonds. The molecule has 0 radical (unpaired) electrons. The van der Waals surface area contributed by atoms with E-state index in [9.17, 15) is 14.4 Å². The molecule has 29 heavy (non-hydrogen) atoms. The number of rotatable bonds is 8. The summed E-state index contributed by atoms with van der Waals surface area (Å²) in [6, 6.07) is 9.35. The molecule has 1 fully saturated rings. The first-order valence-electron chi connectivity index (χ1n) is 9.75. The highest BCUT2D eigenvalue weighted by Gasteiger charge is 2.47. The molecule has 0 spiro atoms. The summed E-state index contributed by atoms with van der Waals surface area (Å²) in [5, 5.41) is 2.83. The van der Waals surface area contributed by atoms with E-state index >= 15 is 0 Å². The van der Waals surface area contributed by atoms with Gasteiger partial charge in [-0.05, 0) is 46.1 Å². The van der Waals surface area contributed by atoms with Crippen LogP contribution in [0.5, 0.6) is 0 Å². The van der Waals surface area contributed by atoms with Crippen molar-refractivity contribution < 1.29 is 28.6 Å². The topological polar surface area (TPSA) is 94.2 Å². The van der Waals surface area contributed by atoms with Crippen LogP contribution in [0.2, 0.25) is 0 Å². The third kappa shape index (κ3) is 8.01. The van der Waals surface area contributed by atoms with Crippen LogP contribution >= 0.6 is 0 Å². The number of nitrogens with zero attached hydrogens (tertiary/aromatic N) is 1. The molecule has 1 aromatic carbocycles. The largest absolute Gasteiger partial charge is 0.465 e. The van der Waals surface area contributed by atoms with Crippen molar-refractivity contribution in [2.75, 3.05) is 19.7 Å². The van der Waals surface area contributed by atoms with E-state index in [1.54, 1.807) is 27.7 Å². The molecule has 1 N–H and O–H groups in total. The molecular weight excluding hydrogens is 376 g/mol. The van der Waals surface area contributed by atoms with Gasteiger partial charge in [0.1, 0.15) is 18.8 Å². The van der Waals surface area contributed by atoms with Crippen LogP contribution in [0.25, 0.3) is 0 Å². The van der Waals surface area contributed by atoms with Gasteiger partial charge in [0.15, 0.2) is 0 Å². The number of carbonyl (C=O) groups excluding carboxylic acids is 3. The highest BCUT2D eigenvalue weighted by Crippen LogP contribution is 2.36. The Bertz CT molecular complexity index is 710. The summed E-state index contributed by atoms with van der Waals surface area (Å²) >= 11 is 0. The second-order valence-electron chi connectivity index (χ2n) is 8.11. The van der Waals surface area contributed by atoms with Crippen LogP contribution in [0.15, 0.2) is 30.3 Å². The van der Waals surface area contributed by atoms with E-state index in [1.165, 1.54) is 4.90 Å². The van der Waals surface area contributed by atoms with E-state index in [1.807, 2.05) is 30.3 Å². The van der Waals surface area contributed by atoms with E-state index in [-0.39, 0.29) is 26.3 Å². The number of benzene rings is 1. The standard InChI is InChI=1S/C21H30N2O6/c1-5-27-17(24)13-23(19(26)29-20(2,3)4)15-21(11-12-21)22-18(25)28-14-16-9-7-6-8-10-16/h6-10H,5,11-15H2,1-4H3,(H,22,25). The smallest absolute Gasteiger partial charge is 0.410 e. The fourth-order valence-electron chi connectivity index (χ4n) is 2.69. The van der Waals surface area contributed by atoms with Crippen LogP contribution in [0.1, 0.15) is 46.1 Å². The second-order valence-corrected chi connectivity index (χ2v) is 8.11. The van der Waals surface area contributed by atoms with Crippen LogP contribution in [0.3, 0.4) is 0 Å². The van der Waals surface area contributed by atoms with Crippen molar-refractivity contribution in [3.05, 3.63) is 35.9 Å². The fourth-order valence-corrected chi connectivity index (χ4v) is 2.69. The van der Waals surface area contributed by atoms with Crippen molar-refractivity contribution in [3.8, 4) is 0 Å². The van der Waals surface area contributed by atoms with E-state index < -0.39 is 29.3 Å². The van der Waals surface area contributed by atoms with Gasteiger partial charge in [0.05, 0.1) is 12.1 Å². The Hall–Kier alpha value is -2.77. The first kappa shape index (κ1) is 22.5. The van der Waals surface area contributed by atoms with Crippen molar-refractivity contribution in [2.24, 2.45) is 0 Å². The van der Waals surface area contributed by atoms with Gasteiger partial charge in [-0.2, -0.15) is 0 Å². The zero-order valence-corrected chi connectivity index (χ0v) is 17.5. The normalized spacial score (nSPS) is 14.5. The number of hydrogen-bond donors (Lipinski definition) is 1. The van der Waals surface area contributed by atoms with Gasteiger partial charge >= 0.3 is 18.2 Å². The minimum atomic E-state index is -0.706. The van der Waals surface area contributed by atoms with Crippen molar-refractivity contribution in [1.29, 1.82) is 0 Å². The molecule has 0 aromatic heterocycles. The van der Waals surface area contributed by atoms with Crippen molar-refractivity contribution in [1.82, 2.24) is 10.2 Å².